The Morgan fingerprint density at radius 3 is 2.78 bits per heavy atom. The van der Waals surface area contributed by atoms with Crippen LogP contribution < -0.4 is 10.2 Å². The van der Waals surface area contributed by atoms with Crippen LogP contribution in [-0.4, -0.2) is 29.6 Å². The maximum atomic E-state index is 13.7. The Morgan fingerprint density at radius 1 is 1.09 bits per heavy atom. The molecule has 3 aromatic rings. The van der Waals surface area contributed by atoms with E-state index in [-0.39, 0.29) is 11.2 Å². The van der Waals surface area contributed by atoms with Crippen molar-refractivity contribution < 1.29 is 4.39 Å². The van der Waals surface area contributed by atoms with Gasteiger partial charge in [-0.2, -0.15) is 0 Å². The number of hydrogen-bond donors (Lipinski definition) is 1. The predicted octanol–water partition coefficient (Wildman–Crippen LogP) is 5.03. The molecule has 2 aliphatic heterocycles. The van der Waals surface area contributed by atoms with Gasteiger partial charge in [0.15, 0.2) is 0 Å². The summed E-state index contributed by atoms with van der Waals surface area (Å²) in [4.78, 5) is 11.9. The molecule has 164 valence electrons. The molecule has 1 spiro atoms. The van der Waals surface area contributed by atoms with Crippen LogP contribution in [0, 0.1) is 5.82 Å². The Labute approximate surface area is 188 Å². The molecular weight excluding hydrogens is 399 g/mol. The molecule has 2 aromatic carbocycles. The maximum absolute atomic E-state index is 13.7. The van der Waals surface area contributed by atoms with E-state index in [0.717, 1.165) is 63.1 Å². The minimum atomic E-state index is -0.170. The lowest BCUT2D eigenvalue weighted by molar-refractivity contribution is 0.329. The molecule has 3 aliphatic rings. The van der Waals surface area contributed by atoms with E-state index in [1.54, 1.807) is 18.5 Å². The second-order valence-electron chi connectivity index (χ2n) is 9.77. The summed E-state index contributed by atoms with van der Waals surface area (Å²) in [6.07, 6.45) is 6.96. The molecule has 0 radical (unpaired) electrons. The number of benzene rings is 2. The predicted molar refractivity (Wildman–Crippen MR) is 125 cm³/mol. The Morgan fingerprint density at radius 2 is 1.94 bits per heavy atom. The van der Waals surface area contributed by atoms with Crippen molar-refractivity contribution in [2.45, 2.75) is 50.4 Å². The molecule has 1 aromatic heterocycles. The van der Waals surface area contributed by atoms with Gasteiger partial charge in [0, 0.05) is 28.9 Å². The summed E-state index contributed by atoms with van der Waals surface area (Å²) in [5.74, 6) is 1.44. The monoisotopic (exact) mass is 428 g/mol. The van der Waals surface area contributed by atoms with E-state index in [4.69, 9.17) is 4.98 Å². The molecule has 3 heterocycles. The van der Waals surface area contributed by atoms with Crippen LogP contribution in [0.4, 0.5) is 15.9 Å². The van der Waals surface area contributed by atoms with Crippen LogP contribution in [0.1, 0.15) is 60.1 Å². The number of anilines is 2. The molecule has 0 bridgehead atoms. The van der Waals surface area contributed by atoms with Crippen molar-refractivity contribution in [2.75, 3.05) is 24.5 Å². The van der Waals surface area contributed by atoms with Gasteiger partial charge in [-0.05, 0) is 86.0 Å². The molecule has 1 fully saturated rings. The van der Waals surface area contributed by atoms with Crippen molar-refractivity contribution in [3.8, 4) is 0 Å². The average Bonchev–Trinajstić information content (AvgIpc) is 3.33. The normalized spacial score (nSPS) is 21.1. The molecular formula is C27H29FN4. The van der Waals surface area contributed by atoms with Crippen molar-refractivity contribution in [3.05, 3.63) is 82.6 Å². The van der Waals surface area contributed by atoms with Gasteiger partial charge in [0.05, 0.1) is 0 Å². The maximum Gasteiger partial charge on any atom is 0.140 e. The van der Waals surface area contributed by atoms with E-state index in [1.807, 2.05) is 6.07 Å². The van der Waals surface area contributed by atoms with Crippen molar-refractivity contribution in [3.63, 3.8) is 0 Å². The van der Waals surface area contributed by atoms with E-state index in [9.17, 15) is 4.39 Å². The van der Waals surface area contributed by atoms with Crippen molar-refractivity contribution in [1.29, 1.82) is 0 Å². The summed E-state index contributed by atoms with van der Waals surface area (Å²) >= 11 is 0. The number of fused-ring (bicyclic) bond motifs is 3. The largest absolute Gasteiger partial charge is 0.325 e. The molecule has 1 aliphatic carbocycles. The van der Waals surface area contributed by atoms with E-state index in [2.05, 4.69) is 40.3 Å². The topological polar surface area (TPSA) is 41.1 Å². The summed E-state index contributed by atoms with van der Waals surface area (Å²) in [7, 11) is 0. The van der Waals surface area contributed by atoms with E-state index < -0.39 is 0 Å². The number of hydrogen-bond acceptors (Lipinski definition) is 4. The van der Waals surface area contributed by atoms with Crippen molar-refractivity contribution in [1.82, 2.24) is 15.3 Å². The highest BCUT2D eigenvalue weighted by Crippen LogP contribution is 2.51. The average molecular weight is 429 g/mol. The molecule has 1 atom stereocenters. The van der Waals surface area contributed by atoms with Gasteiger partial charge in [0.25, 0.3) is 0 Å². The first-order chi connectivity index (χ1) is 15.6. The molecule has 0 saturated carbocycles. The third-order valence-corrected chi connectivity index (χ3v) is 7.75. The van der Waals surface area contributed by atoms with Gasteiger partial charge >= 0.3 is 0 Å². The first kappa shape index (κ1) is 19.9. The summed E-state index contributed by atoms with van der Waals surface area (Å²) in [6, 6.07) is 13.8. The minimum Gasteiger partial charge on any atom is -0.325 e. The third kappa shape index (κ3) is 3.22. The van der Waals surface area contributed by atoms with Crippen LogP contribution in [0.3, 0.4) is 0 Å². The highest BCUT2D eigenvalue weighted by molar-refractivity contribution is 5.74. The van der Waals surface area contributed by atoms with Gasteiger partial charge in [-0.15, -0.1) is 0 Å². The van der Waals surface area contributed by atoms with E-state index in [0.29, 0.717) is 5.92 Å². The summed E-state index contributed by atoms with van der Waals surface area (Å²) in [5, 5.41) is 3.54. The zero-order chi connectivity index (χ0) is 21.7. The zero-order valence-corrected chi connectivity index (χ0v) is 18.6. The number of nitrogens with one attached hydrogen (secondary N) is 1. The fourth-order valence-electron chi connectivity index (χ4n) is 6.07. The van der Waals surface area contributed by atoms with E-state index in [1.165, 1.54) is 34.1 Å². The highest BCUT2D eigenvalue weighted by atomic mass is 19.1. The molecule has 1 N–H and O–H groups in total. The number of nitrogens with zero attached hydrogens (tertiary/aromatic N) is 3. The van der Waals surface area contributed by atoms with Crippen LogP contribution in [0.15, 0.2) is 48.8 Å². The van der Waals surface area contributed by atoms with Gasteiger partial charge in [-0.1, -0.05) is 31.2 Å². The van der Waals surface area contributed by atoms with Crippen LogP contribution in [0.5, 0.6) is 0 Å². The molecule has 0 amide bonds. The van der Waals surface area contributed by atoms with Crippen LogP contribution in [0.25, 0.3) is 0 Å². The second kappa shape index (κ2) is 7.66. The third-order valence-electron chi connectivity index (χ3n) is 7.75. The SMILES string of the molecule is C[C@@H]1CCc2ncnc(N3CC4(CCNCC4)c4cc(Cc5cccc(F)c5)ccc43)c21. The van der Waals surface area contributed by atoms with Crippen LogP contribution >= 0.6 is 0 Å². The first-order valence-electron chi connectivity index (χ1n) is 11.8. The molecule has 0 unspecified atom stereocenters. The van der Waals surface area contributed by atoms with Crippen LogP contribution in [0.2, 0.25) is 0 Å². The van der Waals surface area contributed by atoms with Gasteiger partial charge in [-0.3, -0.25) is 0 Å². The minimum absolute atomic E-state index is 0.137. The lowest BCUT2D eigenvalue weighted by atomic mass is 9.74. The Kier molecular flexibility index (Phi) is 4.76. The van der Waals surface area contributed by atoms with Gasteiger partial charge in [-0.25, -0.2) is 14.4 Å². The number of aromatic nitrogens is 2. The second-order valence-corrected chi connectivity index (χ2v) is 9.77. The number of rotatable bonds is 3. The van der Waals surface area contributed by atoms with Crippen molar-refractivity contribution in [2.24, 2.45) is 0 Å². The quantitative estimate of drug-likeness (QED) is 0.635. The molecule has 4 nitrogen and oxygen atoms in total. The van der Waals surface area contributed by atoms with Gasteiger partial charge in [0.1, 0.15) is 18.0 Å². The first-order valence-corrected chi connectivity index (χ1v) is 11.8. The molecule has 5 heteroatoms. The summed E-state index contributed by atoms with van der Waals surface area (Å²) in [6.45, 7) is 5.36. The lowest BCUT2D eigenvalue weighted by Crippen LogP contribution is -2.42. The smallest absolute Gasteiger partial charge is 0.140 e. The van der Waals surface area contributed by atoms with E-state index >= 15 is 0 Å². The molecule has 32 heavy (non-hydrogen) atoms. The summed E-state index contributed by atoms with van der Waals surface area (Å²) < 4.78 is 13.7. The highest BCUT2D eigenvalue weighted by Gasteiger charge is 2.45. The van der Waals surface area contributed by atoms with Gasteiger partial charge in [0.2, 0.25) is 0 Å². The fraction of sp³-hybridized carbons (Fsp3) is 0.407. The molecule has 6 rings (SSSR count). The number of halogens is 1. The van der Waals surface area contributed by atoms with Crippen molar-refractivity contribution >= 4 is 11.5 Å². The lowest BCUT2D eigenvalue weighted by Gasteiger charge is -2.35. The Hall–Kier alpha value is -2.79. The number of aryl methyl sites for hydroxylation is 1. The van der Waals surface area contributed by atoms with Gasteiger partial charge < -0.3 is 10.2 Å². The Balaban J connectivity index is 1.43. The number of piperidine rings is 1. The zero-order valence-electron chi connectivity index (χ0n) is 18.6. The molecule has 1 saturated heterocycles. The standard InChI is InChI=1S/C27H29FN4/c1-18-5-7-23-25(18)26(31-17-30-23)32-16-27(9-11-29-12-10-27)22-15-20(6-8-24(22)32)13-19-3-2-4-21(28)14-19/h2-4,6,8,14-15,17-18,29H,5,7,9-13,16H2,1H3/t18-/m1/s1. The Bertz CT molecular complexity index is 1170. The van der Waals surface area contributed by atoms with Crippen LogP contribution in [-0.2, 0) is 18.3 Å². The fourth-order valence-corrected chi connectivity index (χ4v) is 6.07. The summed E-state index contributed by atoms with van der Waals surface area (Å²) in [5.41, 5.74) is 7.68.